The van der Waals surface area contributed by atoms with Crippen LogP contribution in [0, 0.1) is 0 Å². The molecule has 1 atom stereocenters. The van der Waals surface area contributed by atoms with Gasteiger partial charge < -0.3 is 21.0 Å². The van der Waals surface area contributed by atoms with E-state index >= 15 is 0 Å². The summed E-state index contributed by atoms with van der Waals surface area (Å²) in [7, 11) is 0. The molecule has 0 bridgehead atoms. The molecule has 1 unspecified atom stereocenters. The van der Waals surface area contributed by atoms with Crippen molar-refractivity contribution in [2.75, 3.05) is 11.1 Å². The number of anilines is 2. The summed E-state index contributed by atoms with van der Waals surface area (Å²) in [6.07, 6.45) is 5.53. The lowest BCUT2D eigenvalue weighted by Gasteiger charge is -2.15. The lowest BCUT2D eigenvalue weighted by molar-refractivity contribution is 0.700. The maximum Gasteiger partial charge on any atom is 0.276 e. The van der Waals surface area contributed by atoms with Crippen LogP contribution in [-0.2, 0) is 0 Å². The van der Waals surface area contributed by atoms with E-state index in [0.29, 0.717) is 5.82 Å². The van der Waals surface area contributed by atoms with Crippen LogP contribution in [0.15, 0.2) is 23.5 Å². The number of aromatic amines is 2. The van der Waals surface area contributed by atoms with Crippen LogP contribution in [0.2, 0.25) is 0 Å². The summed E-state index contributed by atoms with van der Waals surface area (Å²) in [5, 5.41) is 3.09. The number of imidazole rings is 1. The van der Waals surface area contributed by atoms with Crippen LogP contribution in [0.25, 0.3) is 0 Å². The molecule has 90 valence electrons. The fraction of sp³-hybridized carbons (Fsp3) is 0.300. The van der Waals surface area contributed by atoms with Crippen molar-refractivity contribution in [3.63, 3.8) is 0 Å². The topological polar surface area (TPSA) is 112 Å². The maximum atomic E-state index is 11.3. The number of nitrogens with two attached hydrogens (primary N) is 1. The van der Waals surface area contributed by atoms with Gasteiger partial charge in [-0.2, -0.15) is 0 Å². The van der Waals surface area contributed by atoms with Crippen LogP contribution in [0.4, 0.5) is 11.5 Å². The normalized spacial score (nSPS) is 12.3. The van der Waals surface area contributed by atoms with Crippen LogP contribution in [0.1, 0.15) is 25.2 Å². The van der Waals surface area contributed by atoms with Gasteiger partial charge in [0.25, 0.3) is 5.56 Å². The molecule has 7 heteroatoms. The maximum absolute atomic E-state index is 11.3. The van der Waals surface area contributed by atoms with Gasteiger partial charge in [-0.1, -0.05) is 6.92 Å². The summed E-state index contributed by atoms with van der Waals surface area (Å²) < 4.78 is 0. The number of nitrogens with one attached hydrogen (secondary N) is 3. The van der Waals surface area contributed by atoms with Gasteiger partial charge in [0.2, 0.25) is 0 Å². The molecule has 17 heavy (non-hydrogen) atoms. The Labute approximate surface area is 97.5 Å². The van der Waals surface area contributed by atoms with E-state index in [9.17, 15) is 4.79 Å². The molecule has 0 spiro atoms. The van der Waals surface area contributed by atoms with E-state index in [2.05, 4.69) is 25.3 Å². The van der Waals surface area contributed by atoms with Crippen molar-refractivity contribution >= 4 is 11.5 Å². The Balaban J connectivity index is 2.25. The number of nitrogens with zero attached hydrogens (tertiary/aromatic N) is 2. The van der Waals surface area contributed by atoms with E-state index in [4.69, 9.17) is 5.73 Å². The average molecular weight is 234 g/mol. The van der Waals surface area contributed by atoms with Gasteiger partial charge in [0.15, 0.2) is 5.82 Å². The van der Waals surface area contributed by atoms with Crippen molar-refractivity contribution in [2.45, 2.75) is 19.4 Å². The molecule has 0 saturated heterocycles. The quantitative estimate of drug-likeness (QED) is 0.620. The molecule has 7 nitrogen and oxygen atoms in total. The second-order valence-electron chi connectivity index (χ2n) is 3.57. The molecular weight excluding hydrogens is 220 g/mol. The number of rotatable bonds is 4. The first-order chi connectivity index (χ1) is 8.22. The van der Waals surface area contributed by atoms with Crippen LogP contribution >= 0.6 is 0 Å². The first-order valence-electron chi connectivity index (χ1n) is 5.31. The van der Waals surface area contributed by atoms with Crippen molar-refractivity contribution in [1.82, 2.24) is 19.9 Å². The van der Waals surface area contributed by atoms with Crippen molar-refractivity contribution in [3.05, 3.63) is 34.9 Å². The second kappa shape index (κ2) is 4.69. The third-order valence-electron chi connectivity index (χ3n) is 2.46. The third kappa shape index (κ3) is 2.27. The van der Waals surface area contributed by atoms with Crippen molar-refractivity contribution in [1.29, 1.82) is 0 Å². The summed E-state index contributed by atoms with van der Waals surface area (Å²) in [5.41, 5.74) is 5.37. The molecule has 2 aromatic heterocycles. The van der Waals surface area contributed by atoms with E-state index in [0.717, 1.165) is 12.2 Å². The molecular formula is C10H14N6O. The van der Waals surface area contributed by atoms with E-state index in [1.165, 1.54) is 6.33 Å². The predicted octanol–water partition coefficient (Wildman–Crippen LogP) is 0.638. The Hall–Kier alpha value is -2.31. The van der Waals surface area contributed by atoms with Gasteiger partial charge >= 0.3 is 0 Å². The molecule has 2 rings (SSSR count). The van der Waals surface area contributed by atoms with Gasteiger partial charge in [-0.15, -0.1) is 0 Å². The Morgan fingerprint density at radius 2 is 2.29 bits per heavy atom. The van der Waals surface area contributed by atoms with Gasteiger partial charge in [-0.05, 0) is 6.42 Å². The first kappa shape index (κ1) is 11.2. The van der Waals surface area contributed by atoms with Gasteiger partial charge in [-0.3, -0.25) is 4.79 Å². The monoisotopic (exact) mass is 234 g/mol. The predicted molar refractivity (Wildman–Crippen MR) is 64.5 cm³/mol. The van der Waals surface area contributed by atoms with Crippen molar-refractivity contribution in [2.24, 2.45) is 0 Å². The minimum Gasteiger partial charge on any atom is -0.391 e. The van der Waals surface area contributed by atoms with E-state index in [1.54, 1.807) is 12.4 Å². The Morgan fingerprint density at radius 3 is 2.94 bits per heavy atom. The fourth-order valence-corrected chi connectivity index (χ4v) is 1.52. The van der Waals surface area contributed by atoms with Gasteiger partial charge in [-0.25, -0.2) is 9.97 Å². The SMILES string of the molecule is CCC(Nc1nc[nH]c(=O)c1N)c1ncc[nH]1. The molecule has 0 saturated carbocycles. The highest BCUT2D eigenvalue weighted by Gasteiger charge is 2.14. The summed E-state index contributed by atoms with van der Waals surface area (Å²) in [5.74, 6) is 1.16. The molecule has 5 N–H and O–H groups in total. The van der Waals surface area contributed by atoms with Gasteiger partial charge in [0.05, 0.1) is 12.4 Å². The molecule has 0 amide bonds. The van der Waals surface area contributed by atoms with Crippen LogP contribution in [-0.4, -0.2) is 19.9 Å². The minimum atomic E-state index is -0.350. The lowest BCUT2D eigenvalue weighted by Crippen LogP contribution is -2.19. The number of H-pyrrole nitrogens is 2. The Morgan fingerprint density at radius 1 is 1.47 bits per heavy atom. The Bertz CT molecular complexity index is 532. The Kier molecular flexibility index (Phi) is 3.08. The van der Waals surface area contributed by atoms with E-state index < -0.39 is 0 Å². The van der Waals surface area contributed by atoms with Gasteiger partial charge in [0, 0.05) is 12.4 Å². The number of hydrogen-bond acceptors (Lipinski definition) is 5. The zero-order valence-corrected chi connectivity index (χ0v) is 9.40. The van der Waals surface area contributed by atoms with E-state index in [1.807, 2.05) is 6.92 Å². The standard InChI is InChI=1S/C10H14N6O/c1-2-6(8-12-3-4-13-8)16-9-7(11)10(17)15-5-14-9/h3-6H,2,11H2,1H3,(H,12,13)(H2,14,15,16,17). The minimum absolute atomic E-state index is 0.0541. The van der Waals surface area contributed by atoms with Gasteiger partial charge in [0.1, 0.15) is 11.5 Å². The number of nitrogen functional groups attached to an aromatic ring is 1. The van der Waals surface area contributed by atoms with E-state index in [-0.39, 0.29) is 17.3 Å². The summed E-state index contributed by atoms with van der Waals surface area (Å²) in [6, 6.07) is -0.0541. The smallest absolute Gasteiger partial charge is 0.276 e. The zero-order valence-electron chi connectivity index (χ0n) is 9.40. The fourth-order valence-electron chi connectivity index (χ4n) is 1.52. The summed E-state index contributed by atoms with van der Waals surface area (Å²) in [4.78, 5) is 24.9. The molecule has 2 heterocycles. The molecule has 0 radical (unpaired) electrons. The highest BCUT2D eigenvalue weighted by Crippen LogP contribution is 2.19. The van der Waals surface area contributed by atoms with Crippen molar-refractivity contribution < 1.29 is 0 Å². The summed E-state index contributed by atoms with van der Waals surface area (Å²) in [6.45, 7) is 2.00. The highest BCUT2D eigenvalue weighted by molar-refractivity contribution is 5.59. The number of aromatic nitrogens is 4. The molecule has 2 aromatic rings. The number of hydrogen-bond donors (Lipinski definition) is 4. The highest BCUT2D eigenvalue weighted by atomic mass is 16.1. The average Bonchev–Trinajstić information content (AvgIpc) is 2.85. The van der Waals surface area contributed by atoms with Crippen LogP contribution in [0.5, 0.6) is 0 Å². The third-order valence-corrected chi connectivity index (χ3v) is 2.46. The molecule has 0 aliphatic rings. The first-order valence-corrected chi connectivity index (χ1v) is 5.31. The molecule has 0 aliphatic carbocycles. The van der Waals surface area contributed by atoms with Crippen LogP contribution in [0.3, 0.4) is 0 Å². The zero-order chi connectivity index (χ0) is 12.3. The van der Waals surface area contributed by atoms with Crippen LogP contribution < -0.4 is 16.6 Å². The summed E-state index contributed by atoms with van der Waals surface area (Å²) >= 11 is 0. The largest absolute Gasteiger partial charge is 0.391 e. The molecule has 0 aromatic carbocycles. The second-order valence-corrected chi connectivity index (χ2v) is 3.57. The lowest BCUT2D eigenvalue weighted by atomic mass is 10.2. The molecule has 0 aliphatic heterocycles. The molecule has 0 fully saturated rings. The van der Waals surface area contributed by atoms with Crippen molar-refractivity contribution in [3.8, 4) is 0 Å².